The van der Waals surface area contributed by atoms with Crippen molar-refractivity contribution in [2.75, 3.05) is 6.54 Å². The first-order chi connectivity index (χ1) is 7.31. The highest BCUT2D eigenvalue weighted by atomic mass is 15.0. The maximum atomic E-state index is 3.70. The average molecular weight is 227 g/mol. The summed E-state index contributed by atoms with van der Waals surface area (Å²) in [4.78, 5) is 0. The molecule has 0 radical (unpaired) electrons. The van der Waals surface area contributed by atoms with Crippen LogP contribution in [0.3, 0.4) is 0 Å². The summed E-state index contributed by atoms with van der Waals surface area (Å²) in [6.45, 7) is 17.4. The second kappa shape index (κ2) is 6.64. The van der Waals surface area contributed by atoms with Gasteiger partial charge in [-0.3, -0.25) is 0 Å². The summed E-state index contributed by atoms with van der Waals surface area (Å²) in [6.07, 6.45) is 5.23. The zero-order valence-electron chi connectivity index (χ0n) is 12.6. The van der Waals surface area contributed by atoms with Crippen molar-refractivity contribution in [1.29, 1.82) is 0 Å². The Balaban J connectivity index is 4.55. The molecular formula is C15H33N. The van der Waals surface area contributed by atoms with Gasteiger partial charge in [0.15, 0.2) is 0 Å². The molecule has 0 aliphatic carbocycles. The van der Waals surface area contributed by atoms with Crippen molar-refractivity contribution in [2.45, 2.75) is 79.7 Å². The van der Waals surface area contributed by atoms with Crippen molar-refractivity contribution in [3.05, 3.63) is 0 Å². The van der Waals surface area contributed by atoms with Crippen molar-refractivity contribution < 1.29 is 0 Å². The Kier molecular flexibility index (Phi) is 6.62. The molecule has 0 saturated carbocycles. The van der Waals surface area contributed by atoms with Crippen LogP contribution in [0.25, 0.3) is 0 Å². The topological polar surface area (TPSA) is 12.0 Å². The first kappa shape index (κ1) is 16.0. The number of hydrogen-bond donors (Lipinski definition) is 1. The lowest BCUT2D eigenvalue weighted by Crippen LogP contribution is -2.46. The third-order valence-electron chi connectivity index (χ3n) is 4.15. The second-order valence-electron chi connectivity index (χ2n) is 6.36. The molecule has 1 N–H and O–H groups in total. The Labute approximate surface area is 103 Å². The highest BCUT2D eigenvalue weighted by Gasteiger charge is 2.32. The van der Waals surface area contributed by atoms with Crippen molar-refractivity contribution >= 4 is 0 Å². The van der Waals surface area contributed by atoms with E-state index in [9.17, 15) is 0 Å². The first-order valence-corrected chi connectivity index (χ1v) is 7.06. The molecule has 0 aliphatic rings. The van der Waals surface area contributed by atoms with Crippen molar-refractivity contribution in [3.63, 3.8) is 0 Å². The molecule has 0 aromatic heterocycles. The SMILES string of the molecule is CCCC(C)C(CC)(CC)CNC(C)(C)C. The molecule has 16 heavy (non-hydrogen) atoms. The predicted molar refractivity (Wildman–Crippen MR) is 74.8 cm³/mol. The lowest BCUT2D eigenvalue weighted by molar-refractivity contribution is 0.129. The molecule has 0 amide bonds. The van der Waals surface area contributed by atoms with Gasteiger partial charge in [0.2, 0.25) is 0 Å². The van der Waals surface area contributed by atoms with E-state index in [2.05, 4.69) is 53.8 Å². The Morgan fingerprint density at radius 1 is 1.00 bits per heavy atom. The Morgan fingerprint density at radius 3 is 1.81 bits per heavy atom. The van der Waals surface area contributed by atoms with E-state index in [0.717, 1.165) is 12.5 Å². The van der Waals surface area contributed by atoms with Gasteiger partial charge in [0.05, 0.1) is 0 Å². The van der Waals surface area contributed by atoms with Gasteiger partial charge in [-0.05, 0) is 44.9 Å². The molecule has 1 unspecified atom stereocenters. The van der Waals surface area contributed by atoms with E-state index in [1.54, 1.807) is 0 Å². The van der Waals surface area contributed by atoms with Gasteiger partial charge in [-0.2, -0.15) is 0 Å². The van der Waals surface area contributed by atoms with Crippen LogP contribution in [0.5, 0.6) is 0 Å². The second-order valence-corrected chi connectivity index (χ2v) is 6.36. The predicted octanol–water partition coefficient (Wildman–Crippen LogP) is 4.62. The normalized spacial score (nSPS) is 15.2. The molecular weight excluding hydrogens is 194 g/mol. The van der Waals surface area contributed by atoms with Crippen molar-refractivity contribution in [3.8, 4) is 0 Å². The van der Waals surface area contributed by atoms with Crippen LogP contribution in [0.15, 0.2) is 0 Å². The standard InChI is InChI=1S/C15H33N/c1-8-11-13(4)15(9-2,10-3)12-16-14(5,6)7/h13,16H,8-12H2,1-7H3. The first-order valence-electron chi connectivity index (χ1n) is 7.06. The summed E-state index contributed by atoms with van der Waals surface area (Å²) in [5.41, 5.74) is 0.727. The molecule has 1 heteroatoms. The van der Waals surface area contributed by atoms with Gasteiger partial charge in [0.1, 0.15) is 0 Å². The van der Waals surface area contributed by atoms with E-state index in [0.29, 0.717) is 5.41 Å². The molecule has 0 saturated heterocycles. The van der Waals surface area contributed by atoms with Gasteiger partial charge in [-0.25, -0.2) is 0 Å². The van der Waals surface area contributed by atoms with Crippen LogP contribution in [-0.2, 0) is 0 Å². The van der Waals surface area contributed by atoms with E-state index >= 15 is 0 Å². The summed E-state index contributed by atoms with van der Waals surface area (Å²) < 4.78 is 0. The lowest BCUT2D eigenvalue weighted by Gasteiger charge is -2.40. The van der Waals surface area contributed by atoms with Gasteiger partial charge in [0, 0.05) is 12.1 Å². The average Bonchev–Trinajstić information content (AvgIpc) is 2.19. The molecule has 0 fully saturated rings. The van der Waals surface area contributed by atoms with E-state index in [-0.39, 0.29) is 5.54 Å². The van der Waals surface area contributed by atoms with Crippen LogP contribution in [0, 0.1) is 11.3 Å². The van der Waals surface area contributed by atoms with Gasteiger partial charge >= 0.3 is 0 Å². The molecule has 0 bridgehead atoms. The van der Waals surface area contributed by atoms with Gasteiger partial charge in [0.25, 0.3) is 0 Å². The van der Waals surface area contributed by atoms with Gasteiger partial charge in [-0.1, -0.05) is 40.5 Å². The van der Waals surface area contributed by atoms with E-state index in [4.69, 9.17) is 0 Å². The zero-order chi connectivity index (χ0) is 12.8. The van der Waals surface area contributed by atoms with Crippen LogP contribution in [0.2, 0.25) is 0 Å². The Bertz CT molecular complexity index is 174. The molecule has 1 nitrogen and oxygen atoms in total. The fourth-order valence-electron chi connectivity index (χ4n) is 2.55. The molecule has 0 spiro atoms. The minimum Gasteiger partial charge on any atom is -0.312 e. The van der Waals surface area contributed by atoms with E-state index < -0.39 is 0 Å². The minimum atomic E-state index is 0.238. The van der Waals surface area contributed by atoms with Crippen LogP contribution in [-0.4, -0.2) is 12.1 Å². The van der Waals surface area contributed by atoms with Crippen molar-refractivity contribution in [2.24, 2.45) is 11.3 Å². The number of nitrogens with one attached hydrogen (secondary N) is 1. The third kappa shape index (κ3) is 4.86. The molecule has 0 heterocycles. The Morgan fingerprint density at radius 2 is 1.50 bits per heavy atom. The van der Waals surface area contributed by atoms with Crippen LogP contribution in [0.1, 0.15) is 74.1 Å². The summed E-state index contributed by atoms with van der Waals surface area (Å²) in [6, 6.07) is 0. The smallest absolute Gasteiger partial charge is 0.00967 e. The van der Waals surface area contributed by atoms with Gasteiger partial charge in [-0.15, -0.1) is 0 Å². The van der Waals surface area contributed by atoms with Crippen LogP contribution in [0.4, 0.5) is 0 Å². The van der Waals surface area contributed by atoms with E-state index in [1.165, 1.54) is 25.7 Å². The minimum absolute atomic E-state index is 0.238. The highest BCUT2D eigenvalue weighted by molar-refractivity contribution is 4.86. The maximum Gasteiger partial charge on any atom is 0.00967 e. The molecule has 0 aromatic carbocycles. The van der Waals surface area contributed by atoms with Crippen LogP contribution >= 0.6 is 0 Å². The monoisotopic (exact) mass is 227 g/mol. The summed E-state index contributed by atoms with van der Waals surface area (Å²) in [5.74, 6) is 0.822. The quantitative estimate of drug-likeness (QED) is 0.669. The molecule has 0 aliphatic heterocycles. The summed E-state index contributed by atoms with van der Waals surface area (Å²) in [5, 5.41) is 3.70. The largest absolute Gasteiger partial charge is 0.312 e. The maximum absolute atomic E-state index is 3.70. The fraction of sp³-hybridized carbons (Fsp3) is 1.00. The number of rotatable bonds is 7. The molecule has 0 rings (SSSR count). The fourth-order valence-corrected chi connectivity index (χ4v) is 2.55. The van der Waals surface area contributed by atoms with E-state index in [1.807, 2.05) is 0 Å². The summed E-state index contributed by atoms with van der Waals surface area (Å²) >= 11 is 0. The lowest BCUT2D eigenvalue weighted by atomic mass is 9.70. The highest BCUT2D eigenvalue weighted by Crippen LogP contribution is 2.37. The Hall–Kier alpha value is -0.0400. The molecule has 1 atom stereocenters. The number of hydrogen-bond acceptors (Lipinski definition) is 1. The van der Waals surface area contributed by atoms with Crippen molar-refractivity contribution in [1.82, 2.24) is 5.32 Å². The zero-order valence-corrected chi connectivity index (χ0v) is 12.6. The van der Waals surface area contributed by atoms with Gasteiger partial charge < -0.3 is 5.32 Å². The molecule has 0 aromatic rings. The van der Waals surface area contributed by atoms with Crippen LogP contribution < -0.4 is 5.32 Å². The summed E-state index contributed by atoms with van der Waals surface area (Å²) in [7, 11) is 0. The molecule has 98 valence electrons. The third-order valence-corrected chi connectivity index (χ3v) is 4.15.